The van der Waals surface area contributed by atoms with Gasteiger partial charge in [-0.25, -0.2) is 14.3 Å². The molecule has 0 aliphatic rings. The van der Waals surface area contributed by atoms with Gasteiger partial charge in [-0.1, -0.05) is 0 Å². The average Bonchev–Trinajstić information content (AvgIpc) is 2.63. The summed E-state index contributed by atoms with van der Waals surface area (Å²) in [6.07, 6.45) is 1.50. The minimum Gasteiger partial charge on any atom is -0.479 e. The molecule has 2 rings (SSSR count). The lowest BCUT2D eigenvalue weighted by Crippen LogP contribution is -2.08. The van der Waals surface area contributed by atoms with E-state index in [-0.39, 0.29) is 5.69 Å². The second-order valence-corrected chi connectivity index (χ2v) is 4.09. The van der Waals surface area contributed by atoms with Gasteiger partial charge >= 0.3 is 5.97 Å². The van der Waals surface area contributed by atoms with Crippen molar-refractivity contribution in [3.05, 3.63) is 22.1 Å². The SMILES string of the molecule is COC(=O)c1cn2nc(Br)c(C)c2c(OC)n1. The van der Waals surface area contributed by atoms with Crippen molar-refractivity contribution in [2.24, 2.45) is 0 Å². The minimum atomic E-state index is -0.533. The van der Waals surface area contributed by atoms with Gasteiger partial charge in [-0.05, 0) is 22.9 Å². The van der Waals surface area contributed by atoms with Crippen molar-refractivity contribution in [1.82, 2.24) is 14.6 Å². The molecule has 0 aliphatic heterocycles. The lowest BCUT2D eigenvalue weighted by Gasteiger charge is -2.05. The molecule has 17 heavy (non-hydrogen) atoms. The fraction of sp³-hybridized carbons (Fsp3) is 0.300. The van der Waals surface area contributed by atoms with E-state index in [1.165, 1.54) is 24.9 Å². The second kappa shape index (κ2) is 4.33. The maximum absolute atomic E-state index is 11.4. The predicted octanol–water partition coefficient (Wildman–Crippen LogP) is 1.60. The van der Waals surface area contributed by atoms with Crippen molar-refractivity contribution in [2.75, 3.05) is 14.2 Å². The summed E-state index contributed by atoms with van der Waals surface area (Å²) in [7, 11) is 2.79. The van der Waals surface area contributed by atoms with Gasteiger partial charge in [0.1, 0.15) is 10.1 Å². The summed E-state index contributed by atoms with van der Waals surface area (Å²) in [6.45, 7) is 1.88. The van der Waals surface area contributed by atoms with E-state index in [1.807, 2.05) is 6.92 Å². The van der Waals surface area contributed by atoms with Crippen molar-refractivity contribution < 1.29 is 14.3 Å². The molecule has 6 nitrogen and oxygen atoms in total. The van der Waals surface area contributed by atoms with E-state index in [9.17, 15) is 4.79 Å². The zero-order chi connectivity index (χ0) is 12.6. The van der Waals surface area contributed by atoms with Crippen molar-refractivity contribution >= 4 is 27.4 Å². The molecule has 0 unspecified atom stereocenters. The van der Waals surface area contributed by atoms with Gasteiger partial charge in [0.15, 0.2) is 5.69 Å². The standard InChI is InChI=1S/C10H10BrN3O3/c1-5-7-9(16-2)12-6(10(15)17-3)4-14(7)13-8(5)11/h4H,1-3H3. The Morgan fingerprint density at radius 1 is 1.47 bits per heavy atom. The summed E-state index contributed by atoms with van der Waals surface area (Å²) >= 11 is 3.32. The molecule has 0 amide bonds. The number of nitrogens with zero attached hydrogens (tertiary/aromatic N) is 3. The molecule has 0 bridgehead atoms. The van der Waals surface area contributed by atoms with Gasteiger partial charge in [0, 0.05) is 5.56 Å². The zero-order valence-electron chi connectivity index (χ0n) is 9.52. The quantitative estimate of drug-likeness (QED) is 0.788. The lowest BCUT2D eigenvalue weighted by atomic mass is 10.3. The summed E-state index contributed by atoms with van der Waals surface area (Å²) < 4.78 is 12.0. The highest BCUT2D eigenvalue weighted by atomic mass is 79.9. The lowest BCUT2D eigenvalue weighted by molar-refractivity contribution is 0.0592. The molecule has 0 radical (unpaired) electrons. The second-order valence-electron chi connectivity index (χ2n) is 3.34. The van der Waals surface area contributed by atoms with Gasteiger partial charge in [-0.15, -0.1) is 0 Å². The molecule has 0 spiro atoms. The van der Waals surface area contributed by atoms with Gasteiger partial charge in [0.05, 0.1) is 20.4 Å². The first-order valence-corrected chi connectivity index (χ1v) is 5.55. The van der Waals surface area contributed by atoms with Crippen LogP contribution < -0.4 is 4.74 Å². The highest BCUT2D eigenvalue weighted by Crippen LogP contribution is 2.26. The third kappa shape index (κ3) is 1.86. The van der Waals surface area contributed by atoms with Crippen LogP contribution in [0.25, 0.3) is 5.52 Å². The molecule has 2 heterocycles. The Kier molecular flexibility index (Phi) is 3.01. The molecule has 0 saturated carbocycles. The normalized spacial score (nSPS) is 10.6. The number of aryl methyl sites for hydroxylation is 1. The number of carbonyl (C=O) groups excluding carboxylic acids is 1. The average molecular weight is 300 g/mol. The maximum atomic E-state index is 11.4. The number of rotatable bonds is 2. The highest BCUT2D eigenvalue weighted by molar-refractivity contribution is 9.10. The van der Waals surface area contributed by atoms with Crippen LogP contribution in [0.5, 0.6) is 5.88 Å². The van der Waals surface area contributed by atoms with Crippen molar-refractivity contribution in [1.29, 1.82) is 0 Å². The largest absolute Gasteiger partial charge is 0.479 e. The van der Waals surface area contributed by atoms with Crippen LogP contribution in [0, 0.1) is 6.92 Å². The fourth-order valence-corrected chi connectivity index (χ4v) is 1.85. The Morgan fingerprint density at radius 3 is 2.76 bits per heavy atom. The van der Waals surface area contributed by atoms with Crippen LogP contribution in [0.4, 0.5) is 0 Å². The molecule has 0 atom stereocenters. The van der Waals surface area contributed by atoms with E-state index < -0.39 is 5.97 Å². The third-order valence-electron chi connectivity index (χ3n) is 2.35. The Morgan fingerprint density at radius 2 is 2.18 bits per heavy atom. The topological polar surface area (TPSA) is 65.7 Å². The first-order valence-electron chi connectivity index (χ1n) is 4.76. The summed E-state index contributed by atoms with van der Waals surface area (Å²) in [4.78, 5) is 15.5. The number of hydrogen-bond donors (Lipinski definition) is 0. The van der Waals surface area contributed by atoms with Gasteiger partial charge in [0.25, 0.3) is 0 Å². The molecular weight excluding hydrogens is 290 g/mol. The van der Waals surface area contributed by atoms with E-state index in [0.717, 1.165) is 5.56 Å². The number of carbonyl (C=O) groups is 1. The van der Waals surface area contributed by atoms with Crippen LogP contribution in [0.3, 0.4) is 0 Å². The first-order chi connectivity index (χ1) is 8.08. The molecule has 0 fully saturated rings. The molecule has 90 valence electrons. The van der Waals surface area contributed by atoms with Crippen LogP contribution in [-0.4, -0.2) is 34.8 Å². The highest BCUT2D eigenvalue weighted by Gasteiger charge is 2.17. The van der Waals surface area contributed by atoms with Crippen LogP contribution >= 0.6 is 15.9 Å². The van der Waals surface area contributed by atoms with Gasteiger partial charge in [0.2, 0.25) is 5.88 Å². The van der Waals surface area contributed by atoms with Crippen molar-refractivity contribution in [3.63, 3.8) is 0 Å². The molecule has 0 aromatic carbocycles. The number of esters is 1. The van der Waals surface area contributed by atoms with Crippen LogP contribution in [0.2, 0.25) is 0 Å². The summed E-state index contributed by atoms with van der Waals surface area (Å²) in [5.74, 6) is -0.196. The third-order valence-corrected chi connectivity index (χ3v) is 3.10. The Labute approximate surface area is 106 Å². The van der Waals surface area contributed by atoms with E-state index in [0.29, 0.717) is 16.0 Å². The Balaban J connectivity index is 2.75. The van der Waals surface area contributed by atoms with E-state index in [2.05, 4.69) is 30.7 Å². The number of halogens is 1. The van der Waals surface area contributed by atoms with Crippen LogP contribution in [0.15, 0.2) is 10.8 Å². The smallest absolute Gasteiger partial charge is 0.358 e. The van der Waals surface area contributed by atoms with Crippen LogP contribution in [0.1, 0.15) is 16.1 Å². The Hall–Kier alpha value is -1.63. The van der Waals surface area contributed by atoms with Gasteiger partial charge < -0.3 is 9.47 Å². The number of methoxy groups -OCH3 is 2. The number of aromatic nitrogens is 3. The molecule has 0 saturated heterocycles. The first kappa shape index (κ1) is 11.8. The fourth-order valence-electron chi connectivity index (χ4n) is 1.49. The van der Waals surface area contributed by atoms with E-state index in [1.54, 1.807) is 0 Å². The monoisotopic (exact) mass is 299 g/mol. The maximum Gasteiger partial charge on any atom is 0.358 e. The van der Waals surface area contributed by atoms with Gasteiger partial charge in [-0.3, -0.25) is 0 Å². The summed E-state index contributed by atoms with van der Waals surface area (Å²) in [5.41, 5.74) is 1.75. The molecule has 7 heteroatoms. The van der Waals surface area contributed by atoms with Gasteiger partial charge in [-0.2, -0.15) is 5.10 Å². The molecule has 2 aromatic rings. The molecule has 0 N–H and O–H groups in total. The number of hydrogen-bond acceptors (Lipinski definition) is 5. The van der Waals surface area contributed by atoms with Crippen LogP contribution in [-0.2, 0) is 4.74 Å². The van der Waals surface area contributed by atoms with Crippen molar-refractivity contribution in [3.8, 4) is 5.88 Å². The molecule has 0 aliphatic carbocycles. The summed E-state index contributed by atoms with van der Waals surface area (Å²) in [6, 6.07) is 0. The summed E-state index contributed by atoms with van der Waals surface area (Å²) in [5, 5.41) is 4.20. The predicted molar refractivity (Wildman–Crippen MR) is 63.3 cm³/mol. The number of ether oxygens (including phenoxy) is 2. The molecule has 2 aromatic heterocycles. The zero-order valence-corrected chi connectivity index (χ0v) is 11.1. The van der Waals surface area contributed by atoms with Crippen molar-refractivity contribution in [2.45, 2.75) is 6.92 Å². The van der Waals surface area contributed by atoms with E-state index in [4.69, 9.17) is 4.74 Å². The minimum absolute atomic E-state index is 0.145. The van der Waals surface area contributed by atoms with E-state index >= 15 is 0 Å². The number of fused-ring (bicyclic) bond motifs is 1. The Bertz CT molecular complexity index is 594. The molecular formula is C10H10BrN3O3.